The molecule has 1 saturated carbocycles. The van der Waals surface area contributed by atoms with Gasteiger partial charge in [0.1, 0.15) is 5.78 Å². The van der Waals surface area contributed by atoms with E-state index >= 15 is 0 Å². The molecule has 1 fully saturated rings. The van der Waals surface area contributed by atoms with Crippen LogP contribution in [0.1, 0.15) is 39.0 Å². The fourth-order valence-corrected chi connectivity index (χ4v) is 3.89. The number of rotatable bonds is 5. The van der Waals surface area contributed by atoms with Gasteiger partial charge in [-0.3, -0.25) is 4.79 Å². The molecule has 0 N–H and O–H groups in total. The minimum Gasteiger partial charge on any atom is -0.298 e. The van der Waals surface area contributed by atoms with E-state index in [1.807, 2.05) is 12.1 Å². The smallest absolute Gasteiger partial charge is 0.146 e. The maximum atomic E-state index is 12.3. The zero-order chi connectivity index (χ0) is 13.7. The summed E-state index contributed by atoms with van der Waals surface area (Å²) in [6.07, 6.45) is 6.01. The molecule has 0 saturated heterocycles. The van der Waals surface area contributed by atoms with Crippen LogP contribution in [0, 0.1) is 11.8 Å². The van der Waals surface area contributed by atoms with Crippen LogP contribution in [0.15, 0.2) is 33.6 Å². The minimum absolute atomic E-state index is 0.321. The van der Waals surface area contributed by atoms with Crippen molar-refractivity contribution in [2.45, 2.75) is 43.9 Å². The molecule has 1 aliphatic carbocycles. The highest BCUT2D eigenvalue weighted by Crippen LogP contribution is 2.32. The van der Waals surface area contributed by atoms with Gasteiger partial charge in [0.05, 0.1) is 5.75 Å². The molecular formula is C16H21BrOS. The first kappa shape index (κ1) is 15.1. The third kappa shape index (κ3) is 4.64. The van der Waals surface area contributed by atoms with Crippen LogP contribution in [0.4, 0.5) is 0 Å². The summed E-state index contributed by atoms with van der Waals surface area (Å²) in [6.45, 7) is 2.24. The van der Waals surface area contributed by atoms with E-state index in [0.717, 1.165) is 23.2 Å². The highest BCUT2D eigenvalue weighted by Gasteiger charge is 2.25. The zero-order valence-corrected chi connectivity index (χ0v) is 13.8. The van der Waals surface area contributed by atoms with Gasteiger partial charge >= 0.3 is 0 Å². The van der Waals surface area contributed by atoms with Gasteiger partial charge in [-0.1, -0.05) is 42.1 Å². The molecule has 0 amide bonds. The molecule has 1 aromatic rings. The van der Waals surface area contributed by atoms with E-state index in [1.54, 1.807) is 11.8 Å². The molecule has 0 spiro atoms. The lowest BCUT2D eigenvalue weighted by Gasteiger charge is -2.27. The topological polar surface area (TPSA) is 17.1 Å². The molecule has 19 heavy (non-hydrogen) atoms. The number of halogens is 1. The predicted octanol–water partition coefficient (Wildman–Crippen LogP) is 5.33. The summed E-state index contributed by atoms with van der Waals surface area (Å²) in [5, 5.41) is 0. The maximum Gasteiger partial charge on any atom is 0.146 e. The summed E-state index contributed by atoms with van der Waals surface area (Å²) >= 11 is 5.10. The van der Waals surface area contributed by atoms with Crippen molar-refractivity contribution in [3.05, 3.63) is 28.7 Å². The third-order valence-electron chi connectivity index (χ3n) is 4.01. The quantitative estimate of drug-likeness (QED) is 0.674. The number of carbonyl (C=O) groups excluding carboxylic acids is 1. The van der Waals surface area contributed by atoms with Crippen molar-refractivity contribution in [1.29, 1.82) is 0 Å². The van der Waals surface area contributed by atoms with Crippen molar-refractivity contribution in [1.82, 2.24) is 0 Å². The first-order chi connectivity index (χ1) is 9.19. The molecule has 1 aromatic carbocycles. The standard InChI is InChI=1S/C16H21BrOS/c1-2-12-4-3-5-13(10-12)16(18)11-19-15-8-6-14(17)7-9-15/h6-9,12-13H,2-5,10-11H2,1H3. The van der Waals surface area contributed by atoms with Gasteiger partial charge in [-0.15, -0.1) is 11.8 Å². The normalized spacial score (nSPS) is 23.3. The Morgan fingerprint density at radius 1 is 1.32 bits per heavy atom. The van der Waals surface area contributed by atoms with E-state index < -0.39 is 0 Å². The molecule has 0 heterocycles. The van der Waals surface area contributed by atoms with Gasteiger partial charge in [0.25, 0.3) is 0 Å². The van der Waals surface area contributed by atoms with Crippen molar-refractivity contribution in [3.63, 3.8) is 0 Å². The number of benzene rings is 1. The van der Waals surface area contributed by atoms with E-state index in [4.69, 9.17) is 0 Å². The highest BCUT2D eigenvalue weighted by atomic mass is 79.9. The molecule has 2 unspecified atom stereocenters. The highest BCUT2D eigenvalue weighted by molar-refractivity contribution is 9.10. The summed E-state index contributed by atoms with van der Waals surface area (Å²) in [7, 11) is 0. The van der Waals surface area contributed by atoms with E-state index in [9.17, 15) is 4.79 Å². The molecular weight excluding hydrogens is 320 g/mol. The number of ketones is 1. The summed E-state index contributed by atoms with van der Waals surface area (Å²) in [5.74, 6) is 2.18. The Kier molecular flexibility index (Phi) is 5.96. The molecule has 0 aromatic heterocycles. The van der Waals surface area contributed by atoms with E-state index in [1.165, 1.54) is 24.2 Å². The molecule has 0 aliphatic heterocycles. The number of hydrogen-bond donors (Lipinski definition) is 0. The van der Waals surface area contributed by atoms with Crippen LogP contribution in [-0.4, -0.2) is 11.5 Å². The average molecular weight is 341 g/mol. The van der Waals surface area contributed by atoms with Gasteiger partial charge in [0, 0.05) is 15.3 Å². The van der Waals surface area contributed by atoms with E-state index in [2.05, 4.69) is 35.0 Å². The minimum atomic E-state index is 0.321. The Morgan fingerprint density at radius 3 is 2.74 bits per heavy atom. The molecule has 1 nitrogen and oxygen atoms in total. The summed E-state index contributed by atoms with van der Waals surface area (Å²) in [4.78, 5) is 13.4. The van der Waals surface area contributed by atoms with Crippen molar-refractivity contribution in [3.8, 4) is 0 Å². The lowest BCUT2D eigenvalue weighted by molar-refractivity contribution is -0.121. The second kappa shape index (κ2) is 7.49. The van der Waals surface area contributed by atoms with Crippen LogP contribution in [0.2, 0.25) is 0 Å². The van der Waals surface area contributed by atoms with Crippen molar-refractivity contribution in [2.24, 2.45) is 11.8 Å². The Hall–Kier alpha value is -0.280. The first-order valence-electron chi connectivity index (χ1n) is 7.10. The largest absolute Gasteiger partial charge is 0.298 e. The Bertz CT molecular complexity index is 415. The van der Waals surface area contributed by atoms with Crippen LogP contribution in [0.5, 0.6) is 0 Å². The predicted molar refractivity (Wildman–Crippen MR) is 85.6 cm³/mol. The Labute approximate surface area is 128 Å². The van der Waals surface area contributed by atoms with Crippen LogP contribution < -0.4 is 0 Å². The van der Waals surface area contributed by atoms with Crippen molar-refractivity contribution < 1.29 is 4.79 Å². The number of Topliss-reactive ketones (excluding diaryl/α,β-unsaturated/α-hetero) is 1. The second-order valence-electron chi connectivity index (χ2n) is 5.35. The molecule has 104 valence electrons. The molecule has 0 bridgehead atoms. The molecule has 1 aliphatic rings. The summed E-state index contributed by atoms with van der Waals surface area (Å²) in [6, 6.07) is 8.19. The summed E-state index contributed by atoms with van der Waals surface area (Å²) in [5.41, 5.74) is 0. The molecule has 0 radical (unpaired) electrons. The zero-order valence-electron chi connectivity index (χ0n) is 11.4. The lowest BCUT2D eigenvalue weighted by atomic mass is 9.78. The number of hydrogen-bond acceptors (Lipinski definition) is 2. The Balaban J connectivity index is 1.82. The SMILES string of the molecule is CCC1CCCC(C(=O)CSc2ccc(Br)cc2)C1. The fourth-order valence-electron chi connectivity index (χ4n) is 2.76. The van der Waals surface area contributed by atoms with Crippen molar-refractivity contribution >= 4 is 33.5 Å². The van der Waals surface area contributed by atoms with Gasteiger partial charge < -0.3 is 0 Å². The number of thioether (sulfide) groups is 1. The second-order valence-corrected chi connectivity index (χ2v) is 7.31. The molecule has 2 rings (SSSR count). The molecule has 2 atom stereocenters. The fraction of sp³-hybridized carbons (Fsp3) is 0.562. The molecule has 3 heteroatoms. The van der Waals surface area contributed by atoms with Crippen LogP contribution in [-0.2, 0) is 4.79 Å². The Morgan fingerprint density at radius 2 is 2.05 bits per heavy atom. The summed E-state index contributed by atoms with van der Waals surface area (Å²) < 4.78 is 1.08. The van der Waals surface area contributed by atoms with E-state index in [-0.39, 0.29) is 0 Å². The van der Waals surface area contributed by atoms with Crippen LogP contribution in [0.25, 0.3) is 0 Å². The van der Waals surface area contributed by atoms with Gasteiger partial charge in [-0.25, -0.2) is 0 Å². The number of carbonyl (C=O) groups is 1. The lowest BCUT2D eigenvalue weighted by Crippen LogP contribution is -2.24. The first-order valence-corrected chi connectivity index (χ1v) is 8.88. The van der Waals surface area contributed by atoms with Gasteiger partial charge in [-0.2, -0.15) is 0 Å². The van der Waals surface area contributed by atoms with Gasteiger partial charge in [-0.05, 0) is 43.0 Å². The van der Waals surface area contributed by atoms with Gasteiger partial charge in [0.2, 0.25) is 0 Å². The van der Waals surface area contributed by atoms with Crippen LogP contribution >= 0.6 is 27.7 Å². The van der Waals surface area contributed by atoms with Crippen molar-refractivity contribution in [2.75, 3.05) is 5.75 Å². The average Bonchev–Trinajstić information content (AvgIpc) is 2.46. The van der Waals surface area contributed by atoms with Crippen LogP contribution in [0.3, 0.4) is 0 Å². The third-order valence-corrected chi connectivity index (χ3v) is 5.57. The van der Waals surface area contributed by atoms with Gasteiger partial charge in [0.15, 0.2) is 0 Å². The monoisotopic (exact) mass is 340 g/mol. The maximum absolute atomic E-state index is 12.3. The van der Waals surface area contributed by atoms with E-state index in [0.29, 0.717) is 17.5 Å².